The Labute approximate surface area is 259 Å². The molecule has 0 bridgehead atoms. The second-order valence-corrected chi connectivity index (χ2v) is 12.2. The lowest BCUT2D eigenvalue weighted by molar-refractivity contribution is -0.276. The number of aliphatic hydroxyl groups excluding tert-OH is 1. The van der Waals surface area contributed by atoms with Gasteiger partial charge in [-0.25, -0.2) is 0 Å². The van der Waals surface area contributed by atoms with Gasteiger partial charge in [0.1, 0.15) is 5.54 Å². The Morgan fingerprint density at radius 3 is 2.27 bits per heavy atom. The first kappa shape index (κ1) is 30.3. The molecule has 3 aliphatic rings. The highest BCUT2D eigenvalue weighted by molar-refractivity contribution is 5.93. The zero-order valence-corrected chi connectivity index (χ0v) is 25.4. The maximum absolute atomic E-state index is 13.2. The van der Waals surface area contributed by atoms with E-state index in [0.717, 1.165) is 60.4 Å². The lowest BCUT2D eigenvalue weighted by atomic mass is 9.84. The van der Waals surface area contributed by atoms with Crippen LogP contribution in [0.2, 0.25) is 0 Å². The third-order valence-corrected chi connectivity index (χ3v) is 9.44. The SMILES string of the molecule is CC(=O)NCc1ccc(C2OC(CN3CCC4(CC3)C(=O)NCN4c3ccccc3)C(C)C(c3ccc(CO)cc3)O2)cc1. The van der Waals surface area contributed by atoms with E-state index >= 15 is 0 Å². The van der Waals surface area contributed by atoms with E-state index in [-0.39, 0.29) is 36.5 Å². The van der Waals surface area contributed by atoms with Crippen molar-refractivity contribution >= 4 is 17.5 Å². The molecular weight excluding hydrogens is 556 g/mol. The molecule has 0 saturated carbocycles. The fourth-order valence-electron chi connectivity index (χ4n) is 6.74. The minimum Gasteiger partial charge on any atom is -0.392 e. The van der Waals surface area contributed by atoms with Crippen LogP contribution < -0.4 is 15.5 Å². The first-order chi connectivity index (χ1) is 21.4. The molecule has 9 heteroatoms. The van der Waals surface area contributed by atoms with E-state index in [9.17, 15) is 14.7 Å². The molecular formula is C35H42N4O5. The van der Waals surface area contributed by atoms with Crippen molar-refractivity contribution in [2.24, 2.45) is 5.92 Å². The molecule has 3 heterocycles. The molecule has 3 N–H and O–H groups in total. The number of carbonyl (C=O) groups excluding carboxylic acids is 2. The Morgan fingerprint density at radius 1 is 0.955 bits per heavy atom. The number of amides is 2. The molecule has 2 amide bonds. The second-order valence-electron chi connectivity index (χ2n) is 12.2. The number of aliphatic hydroxyl groups is 1. The molecule has 0 radical (unpaired) electrons. The Morgan fingerprint density at radius 2 is 1.61 bits per heavy atom. The Bertz CT molecular complexity index is 1420. The van der Waals surface area contributed by atoms with Gasteiger partial charge in [-0.1, -0.05) is 73.7 Å². The molecule has 4 unspecified atom stereocenters. The number of ether oxygens (including phenoxy) is 2. The molecule has 9 nitrogen and oxygen atoms in total. The first-order valence-electron chi connectivity index (χ1n) is 15.5. The van der Waals surface area contributed by atoms with Crippen molar-refractivity contribution in [3.8, 4) is 0 Å². The summed E-state index contributed by atoms with van der Waals surface area (Å²) in [4.78, 5) is 29.2. The molecule has 3 fully saturated rings. The summed E-state index contributed by atoms with van der Waals surface area (Å²) >= 11 is 0. The van der Waals surface area contributed by atoms with Gasteiger partial charge in [-0.05, 0) is 41.7 Å². The van der Waals surface area contributed by atoms with E-state index in [1.165, 1.54) is 6.92 Å². The van der Waals surface area contributed by atoms with Gasteiger partial charge in [-0.3, -0.25) is 9.59 Å². The number of benzene rings is 3. The number of nitrogens with one attached hydrogen (secondary N) is 2. The maximum Gasteiger partial charge on any atom is 0.247 e. The number of para-hydroxylation sites is 1. The van der Waals surface area contributed by atoms with Crippen LogP contribution in [0.5, 0.6) is 0 Å². The van der Waals surface area contributed by atoms with Crippen LogP contribution in [0.1, 0.15) is 61.3 Å². The van der Waals surface area contributed by atoms with E-state index in [0.29, 0.717) is 13.2 Å². The summed E-state index contributed by atoms with van der Waals surface area (Å²) in [5, 5.41) is 15.5. The zero-order valence-electron chi connectivity index (χ0n) is 25.4. The van der Waals surface area contributed by atoms with Crippen molar-refractivity contribution in [1.29, 1.82) is 0 Å². The van der Waals surface area contributed by atoms with E-state index < -0.39 is 11.8 Å². The topological polar surface area (TPSA) is 103 Å². The Hall–Kier alpha value is -3.76. The number of likely N-dealkylation sites (tertiary alicyclic amines) is 1. The average Bonchev–Trinajstić information content (AvgIpc) is 3.37. The highest BCUT2D eigenvalue weighted by atomic mass is 16.7. The van der Waals surface area contributed by atoms with Crippen molar-refractivity contribution in [1.82, 2.24) is 15.5 Å². The predicted molar refractivity (Wildman–Crippen MR) is 167 cm³/mol. The van der Waals surface area contributed by atoms with Crippen LogP contribution in [0.25, 0.3) is 0 Å². The molecule has 1 spiro atoms. The standard InChI is InChI=1S/C35H42N4O5/c1-24-31(21-38-18-16-35(17-19-38)34(42)37-23-39(35)30-6-4-3-5-7-30)43-33(29-14-8-26(9-15-29)20-36-25(2)41)44-32(24)28-12-10-27(22-40)11-13-28/h3-15,24,31-33,40H,16-23H2,1-2H3,(H,36,41)(H,37,42). The molecule has 3 aromatic carbocycles. The number of anilines is 1. The first-order valence-corrected chi connectivity index (χ1v) is 15.5. The van der Waals surface area contributed by atoms with Crippen molar-refractivity contribution in [3.63, 3.8) is 0 Å². The zero-order chi connectivity index (χ0) is 30.7. The second kappa shape index (κ2) is 13.1. The van der Waals surface area contributed by atoms with E-state index in [2.05, 4.69) is 39.5 Å². The fourth-order valence-corrected chi connectivity index (χ4v) is 6.74. The highest BCUT2D eigenvalue weighted by Crippen LogP contribution is 2.43. The molecule has 0 aliphatic carbocycles. The summed E-state index contributed by atoms with van der Waals surface area (Å²) in [7, 11) is 0. The van der Waals surface area contributed by atoms with Crippen molar-refractivity contribution < 1.29 is 24.2 Å². The van der Waals surface area contributed by atoms with Gasteiger partial charge in [-0.15, -0.1) is 0 Å². The summed E-state index contributed by atoms with van der Waals surface area (Å²) in [5.41, 5.74) is 4.38. The summed E-state index contributed by atoms with van der Waals surface area (Å²) in [6.45, 7) is 7.01. The summed E-state index contributed by atoms with van der Waals surface area (Å²) in [6, 6.07) is 26.1. The van der Waals surface area contributed by atoms with E-state index in [1.54, 1.807) is 0 Å². The van der Waals surface area contributed by atoms with Gasteiger partial charge in [0.25, 0.3) is 0 Å². The van der Waals surface area contributed by atoms with Crippen molar-refractivity contribution in [2.75, 3.05) is 31.2 Å². The van der Waals surface area contributed by atoms with Crippen molar-refractivity contribution in [2.45, 2.75) is 63.9 Å². The fraction of sp³-hybridized carbons (Fsp3) is 0.429. The largest absolute Gasteiger partial charge is 0.392 e. The van der Waals surface area contributed by atoms with Gasteiger partial charge in [0, 0.05) is 50.3 Å². The summed E-state index contributed by atoms with van der Waals surface area (Å²) in [5.74, 6) is 0.117. The number of hydrogen-bond acceptors (Lipinski definition) is 7. The van der Waals surface area contributed by atoms with Gasteiger partial charge in [-0.2, -0.15) is 0 Å². The Balaban J connectivity index is 1.19. The number of hydrogen-bond donors (Lipinski definition) is 3. The quantitative estimate of drug-likeness (QED) is 0.360. The monoisotopic (exact) mass is 598 g/mol. The lowest BCUT2D eigenvalue weighted by Gasteiger charge is -2.46. The van der Waals surface area contributed by atoms with Crippen LogP contribution >= 0.6 is 0 Å². The van der Waals surface area contributed by atoms with Gasteiger partial charge in [0.15, 0.2) is 6.29 Å². The normalized spacial score (nSPS) is 25.2. The molecule has 4 atom stereocenters. The van der Waals surface area contributed by atoms with Crippen molar-refractivity contribution in [3.05, 3.63) is 101 Å². The number of nitrogens with zero attached hydrogens (tertiary/aromatic N) is 2. The van der Waals surface area contributed by atoms with Gasteiger partial charge < -0.3 is 35.0 Å². The van der Waals surface area contributed by atoms with Gasteiger partial charge in [0.2, 0.25) is 11.8 Å². The van der Waals surface area contributed by atoms with Crippen LogP contribution in [-0.4, -0.2) is 59.8 Å². The predicted octanol–water partition coefficient (Wildman–Crippen LogP) is 4.03. The molecule has 6 rings (SSSR count). The average molecular weight is 599 g/mol. The minimum absolute atomic E-state index is 0.00325. The van der Waals surface area contributed by atoms with Crippen LogP contribution in [-0.2, 0) is 32.2 Å². The van der Waals surface area contributed by atoms with Gasteiger partial charge >= 0.3 is 0 Å². The van der Waals surface area contributed by atoms with Crippen LogP contribution in [0.4, 0.5) is 5.69 Å². The smallest absolute Gasteiger partial charge is 0.247 e. The number of carbonyl (C=O) groups is 2. The maximum atomic E-state index is 13.2. The minimum atomic E-state index is -0.557. The molecule has 232 valence electrons. The third kappa shape index (κ3) is 6.23. The molecule has 44 heavy (non-hydrogen) atoms. The third-order valence-electron chi connectivity index (χ3n) is 9.44. The van der Waals surface area contributed by atoms with E-state index in [1.807, 2.05) is 66.7 Å². The summed E-state index contributed by atoms with van der Waals surface area (Å²) < 4.78 is 13.3. The Kier molecular flexibility index (Phi) is 9.00. The summed E-state index contributed by atoms with van der Waals surface area (Å²) in [6.07, 6.45) is 0.634. The molecule has 0 aromatic heterocycles. The van der Waals surface area contributed by atoms with Crippen LogP contribution in [0.15, 0.2) is 78.9 Å². The van der Waals surface area contributed by atoms with E-state index in [4.69, 9.17) is 9.47 Å². The molecule has 3 aliphatic heterocycles. The highest BCUT2D eigenvalue weighted by Gasteiger charge is 2.51. The number of rotatable bonds is 8. The van der Waals surface area contributed by atoms with Gasteiger partial charge in [0.05, 0.1) is 25.5 Å². The lowest BCUT2D eigenvalue weighted by Crippen LogP contribution is -2.57. The van der Waals surface area contributed by atoms with Crippen LogP contribution in [0.3, 0.4) is 0 Å². The van der Waals surface area contributed by atoms with Crippen LogP contribution in [0, 0.1) is 5.92 Å². The molecule has 3 saturated heterocycles. The number of piperidine rings is 1. The molecule has 3 aromatic rings.